The molecule has 0 aliphatic carbocycles. The molecule has 2 rings (SSSR count). The van der Waals surface area contributed by atoms with E-state index >= 15 is 0 Å². The lowest BCUT2D eigenvalue weighted by Gasteiger charge is -2.12. The van der Waals surface area contributed by atoms with Crippen LogP contribution in [0.25, 0.3) is 0 Å². The number of hydrogen-bond acceptors (Lipinski definition) is 5. The van der Waals surface area contributed by atoms with Crippen molar-refractivity contribution in [3.63, 3.8) is 0 Å². The van der Waals surface area contributed by atoms with Crippen molar-refractivity contribution in [2.24, 2.45) is 0 Å². The van der Waals surface area contributed by atoms with Crippen LogP contribution in [0.4, 0.5) is 10.2 Å². The van der Waals surface area contributed by atoms with Crippen molar-refractivity contribution in [3.8, 4) is 0 Å². The van der Waals surface area contributed by atoms with Crippen molar-refractivity contribution in [2.75, 3.05) is 5.32 Å². The van der Waals surface area contributed by atoms with E-state index in [-0.39, 0.29) is 17.1 Å². The summed E-state index contributed by atoms with van der Waals surface area (Å²) in [5.74, 6) is -0.445. The third-order valence-corrected chi connectivity index (χ3v) is 3.36. The first kappa shape index (κ1) is 12.2. The number of thiazole rings is 1. The van der Waals surface area contributed by atoms with Crippen molar-refractivity contribution >= 4 is 28.8 Å². The third kappa shape index (κ3) is 2.89. The van der Waals surface area contributed by atoms with Gasteiger partial charge in [0.05, 0.1) is 12.2 Å². The number of aryl methyl sites for hydroxylation is 1. The van der Waals surface area contributed by atoms with Gasteiger partial charge in [0.25, 0.3) is 0 Å². The van der Waals surface area contributed by atoms with Gasteiger partial charge in [-0.05, 0) is 25.4 Å². The Morgan fingerprint density at radius 1 is 1.41 bits per heavy atom. The van der Waals surface area contributed by atoms with Crippen LogP contribution in [0, 0.1) is 12.7 Å². The summed E-state index contributed by atoms with van der Waals surface area (Å²) in [6.07, 6.45) is 2.82. The normalized spacial score (nSPS) is 12.5. The predicted molar refractivity (Wildman–Crippen MR) is 65.9 cm³/mol. The molecule has 7 heteroatoms. The SMILES string of the molecule is Cc1cnc(C(C)Nc2nc(Cl)ncc2F)s1. The van der Waals surface area contributed by atoms with Crippen molar-refractivity contribution in [1.82, 2.24) is 15.0 Å². The lowest BCUT2D eigenvalue weighted by molar-refractivity contribution is 0.613. The van der Waals surface area contributed by atoms with Gasteiger partial charge in [-0.3, -0.25) is 0 Å². The number of halogens is 2. The number of hydrogen-bond donors (Lipinski definition) is 1. The van der Waals surface area contributed by atoms with Gasteiger partial charge in [0.1, 0.15) is 5.01 Å². The van der Waals surface area contributed by atoms with Crippen LogP contribution in [0.3, 0.4) is 0 Å². The van der Waals surface area contributed by atoms with Gasteiger partial charge in [-0.2, -0.15) is 4.98 Å². The Bertz CT molecular complexity index is 531. The molecule has 0 saturated carbocycles. The molecular formula is C10H10ClFN4S. The average molecular weight is 273 g/mol. The molecule has 2 aromatic heterocycles. The van der Waals surface area contributed by atoms with E-state index in [4.69, 9.17) is 11.6 Å². The molecule has 1 N–H and O–H groups in total. The van der Waals surface area contributed by atoms with E-state index in [0.29, 0.717) is 0 Å². The van der Waals surface area contributed by atoms with E-state index in [1.807, 2.05) is 13.8 Å². The first-order valence-electron chi connectivity index (χ1n) is 4.93. The zero-order chi connectivity index (χ0) is 12.4. The molecule has 0 aliphatic rings. The Kier molecular flexibility index (Phi) is 3.54. The van der Waals surface area contributed by atoms with Crippen LogP contribution in [-0.4, -0.2) is 15.0 Å². The standard InChI is InChI=1S/C10H10ClFN4S/c1-5-3-13-9(17-5)6(2)15-8-7(12)4-14-10(11)16-8/h3-4,6H,1-2H3,(H,14,15,16). The Labute approximate surface area is 107 Å². The van der Waals surface area contributed by atoms with E-state index in [9.17, 15) is 4.39 Å². The van der Waals surface area contributed by atoms with Crippen LogP contribution in [0.15, 0.2) is 12.4 Å². The van der Waals surface area contributed by atoms with Crippen LogP contribution in [0.5, 0.6) is 0 Å². The fourth-order valence-corrected chi connectivity index (χ4v) is 2.20. The highest BCUT2D eigenvalue weighted by Gasteiger charge is 2.13. The number of nitrogens with zero attached hydrogens (tertiary/aromatic N) is 3. The summed E-state index contributed by atoms with van der Waals surface area (Å²) >= 11 is 7.16. The monoisotopic (exact) mass is 272 g/mol. The van der Waals surface area contributed by atoms with Gasteiger partial charge in [0, 0.05) is 11.1 Å². The highest BCUT2D eigenvalue weighted by Crippen LogP contribution is 2.23. The van der Waals surface area contributed by atoms with Crippen molar-refractivity contribution in [1.29, 1.82) is 0 Å². The van der Waals surface area contributed by atoms with Crippen LogP contribution in [-0.2, 0) is 0 Å². The molecule has 0 bridgehead atoms. The summed E-state index contributed by atoms with van der Waals surface area (Å²) in [5.41, 5.74) is 0. The number of nitrogens with one attached hydrogen (secondary N) is 1. The van der Waals surface area contributed by atoms with E-state index in [2.05, 4.69) is 20.3 Å². The van der Waals surface area contributed by atoms with Gasteiger partial charge < -0.3 is 5.32 Å². The van der Waals surface area contributed by atoms with Crippen LogP contribution >= 0.6 is 22.9 Å². The number of rotatable bonds is 3. The molecular weight excluding hydrogens is 263 g/mol. The summed E-state index contributed by atoms with van der Waals surface area (Å²) in [6, 6.07) is -0.130. The fraction of sp³-hybridized carbons (Fsp3) is 0.300. The maximum atomic E-state index is 13.4. The summed E-state index contributed by atoms with van der Waals surface area (Å²) < 4.78 is 13.4. The zero-order valence-electron chi connectivity index (χ0n) is 9.24. The molecule has 1 unspecified atom stereocenters. The van der Waals surface area contributed by atoms with Gasteiger partial charge in [-0.15, -0.1) is 11.3 Å². The summed E-state index contributed by atoms with van der Waals surface area (Å²) in [5, 5.41) is 3.80. The average Bonchev–Trinajstić information content (AvgIpc) is 2.70. The Balaban J connectivity index is 2.18. The van der Waals surface area contributed by atoms with E-state index in [0.717, 1.165) is 16.1 Å². The minimum absolute atomic E-state index is 0.0106. The first-order valence-corrected chi connectivity index (χ1v) is 6.12. The fourth-order valence-electron chi connectivity index (χ4n) is 1.29. The first-order chi connectivity index (χ1) is 8.06. The zero-order valence-corrected chi connectivity index (χ0v) is 10.8. The minimum Gasteiger partial charge on any atom is -0.359 e. The molecule has 4 nitrogen and oxygen atoms in total. The second kappa shape index (κ2) is 4.93. The van der Waals surface area contributed by atoms with E-state index in [1.54, 1.807) is 17.5 Å². The highest BCUT2D eigenvalue weighted by atomic mass is 35.5. The molecule has 0 aromatic carbocycles. The van der Waals surface area contributed by atoms with Crippen molar-refractivity contribution < 1.29 is 4.39 Å². The number of aromatic nitrogens is 3. The highest BCUT2D eigenvalue weighted by molar-refractivity contribution is 7.11. The molecule has 2 aromatic rings. The summed E-state index contributed by atoms with van der Waals surface area (Å²) in [6.45, 7) is 3.85. The van der Waals surface area contributed by atoms with Gasteiger partial charge in [0.15, 0.2) is 11.6 Å². The second-order valence-electron chi connectivity index (χ2n) is 3.51. The predicted octanol–water partition coefficient (Wildman–Crippen LogP) is 3.21. The molecule has 0 radical (unpaired) electrons. The van der Waals surface area contributed by atoms with Crippen molar-refractivity contribution in [2.45, 2.75) is 19.9 Å². The van der Waals surface area contributed by atoms with Gasteiger partial charge in [-0.1, -0.05) is 0 Å². The van der Waals surface area contributed by atoms with E-state index in [1.165, 1.54) is 0 Å². The molecule has 90 valence electrons. The second-order valence-corrected chi connectivity index (χ2v) is 5.12. The lowest BCUT2D eigenvalue weighted by Crippen LogP contribution is -2.09. The molecule has 1 atom stereocenters. The third-order valence-electron chi connectivity index (χ3n) is 2.08. The quantitative estimate of drug-likeness (QED) is 0.872. The van der Waals surface area contributed by atoms with E-state index < -0.39 is 5.82 Å². The Hall–Kier alpha value is -1.27. The minimum atomic E-state index is -0.533. The maximum absolute atomic E-state index is 13.4. The van der Waals surface area contributed by atoms with Gasteiger partial charge in [0.2, 0.25) is 5.28 Å². The number of anilines is 1. The molecule has 0 spiro atoms. The van der Waals surface area contributed by atoms with Gasteiger partial charge in [-0.25, -0.2) is 14.4 Å². The van der Waals surface area contributed by atoms with Crippen LogP contribution in [0.2, 0.25) is 5.28 Å². The van der Waals surface area contributed by atoms with Crippen LogP contribution in [0.1, 0.15) is 22.9 Å². The molecule has 0 saturated heterocycles. The topological polar surface area (TPSA) is 50.7 Å². The van der Waals surface area contributed by atoms with Crippen LogP contribution < -0.4 is 5.32 Å². The largest absolute Gasteiger partial charge is 0.359 e. The molecule has 0 amide bonds. The maximum Gasteiger partial charge on any atom is 0.224 e. The summed E-state index contributed by atoms with van der Waals surface area (Å²) in [4.78, 5) is 12.7. The summed E-state index contributed by atoms with van der Waals surface area (Å²) in [7, 11) is 0. The molecule has 0 aliphatic heterocycles. The smallest absolute Gasteiger partial charge is 0.224 e. The van der Waals surface area contributed by atoms with Crippen molar-refractivity contribution in [3.05, 3.63) is 33.4 Å². The Morgan fingerprint density at radius 3 is 2.82 bits per heavy atom. The molecule has 17 heavy (non-hydrogen) atoms. The van der Waals surface area contributed by atoms with Gasteiger partial charge >= 0.3 is 0 Å². The Morgan fingerprint density at radius 2 is 2.18 bits per heavy atom. The molecule has 0 fully saturated rings. The lowest BCUT2D eigenvalue weighted by atomic mass is 10.3. The molecule has 2 heterocycles.